The van der Waals surface area contributed by atoms with Crippen LogP contribution >= 0.6 is 0 Å². The van der Waals surface area contributed by atoms with Crippen LogP contribution in [0.4, 0.5) is 5.69 Å². The Hall–Kier alpha value is -1.88. The molecule has 0 radical (unpaired) electrons. The molecule has 0 saturated carbocycles. The van der Waals surface area contributed by atoms with Crippen LogP contribution < -0.4 is 10.6 Å². The molecule has 5 heteroatoms. The summed E-state index contributed by atoms with van der Waals surface area (Å²) in [6, 6.07) is 6.65. The van der Waals surface area contributed by atoms with E-state index >= 15 is 0 Å². The Balaban J connectivity index is 2.70. The first-order valence-corrected chi connectivity index (χ1v) is 5.32. The number of carbonyl (C=O) groups is 2. The third-order valence-electron chi connectivity index (χ3n) is 2.30. The summed E-state index contributed by atoms with van der Waals surface area (Å²) in [7, 11) is 0. The molecule has 1 aromatic carbocycles. The lowest BCUT2D eigenvalue weighted by molar-refractivity contribution is -0.139. The molecule has 0 spiro atoms. The van der Waals surface area contributed by atoms with Crippen molar-refractivity contribution in [1.82, 2.24) is 5.32 Å². The number of anilines is 1. The Morgan fingerprint density at radius 3 is 2.59 bits per heavy atom. The summed E-state index contributed by atoms with van der Waals surface area (Å²) in [6.07, 6.45) is 0. The van der Waals surface area contributed by atoms with Crippen LogP contribution in [0.1, 0.15) is 19.4 Å². The zero-order valence-corrected chi connectivity index (χ0v) is 9.86. The first-order valence-electron chi connectivity index (χ1n) is 5.32. The fraction of sp³-hybridized carbons (Fsp3) is 0.333. The third kappa shape index (κ3) is 4.24. The van der Waals surface area contributed by atoms with Gasteiger partial charge in [-0.25, -0.2) is 0 Å². The highest BCUT2D eigenvalue weighted by molar-refractivity contribution is 5.89. The summed E-state index contributed by atoms with van der Waals surface area (Å²) < 4.78 is 0. The number of para-hydroxylation sites is 1. The molecule has 0 fully saturated rings. The van der Waals surface area contributed by atoms with Gasteiger partial charge >= 0.3 is 5.97 Å². The number of benzene rings is 1. The molecule has 0 aliphatic heterocycles. The molecule has 92 valence electrons. The van der Waals surface area contributed by atoms with Crippen molar-refractivity contribution < 1.29 is 14.7 Å². The van der Waals surface area contributed by atoms with Gasteiger partial charge < -0.3 is 15.7 Å². The number of aliphatic carboxylic acids is 1. The molecule has 0 heterocycles. The predicted octanol–water partition coefficient (Wildman–Crippen LogP) is 1.21. The highest BCUT2D eigenvalue weighted by Crippen LogP contribution is 2.14. The van der Waals surface area contributed by atoms with E-state index in [1.807, 2.05) is 18.2 Å². The summed E-state index contributed by atoms with van der Waals surface area (Å²) in [4.78, 5) is 21.6. The Labute approximate surface area is 99.8 Å². The summed E-state index contributed by atoms with van der Waals surface area (Å²) in [5.41, 5.74) is 1.56. The van der Waals surface area contributed by atoms with Gasteiger partial charge in [-0.15, -0.1) is 0 Å². The molecule has 3 N–H and O–H groups in total. The number of carboxylic acid groups (broad SMARTS) is 1. The molecular weight excluding hydrogens is 220 g/mol. The maximum Gasteiger partial charge on any atom is 0.320 e. The van der Waals surface area contributed by atoms with Gasteiger partial charge in [-0.1, -0.05) is 18.2 Å². The zero-order valence-electron chi connectivity index (χ0n) is 9.86. The molecule has 1 aromatic rings. The lowest BCUT2D eigenvalue weighted by Gasteiger charge is -2.12. The van der Waals surface area contributed by atoms with Crippen molar-refractivity contribution in [2.75, 3.05) is 5.32 Å². The van der Waals surface area contributed by atoms with Gasteiger partial charge in [0.2, 0.25) is 5.91 Å². The maximum absolute atomic E-state index is 11.0. The second-order valence-electron chi connectivity index (χ2n) is 3.78. The van der Waals surface area contributed by atoms with E-state index in [9.17, 15) is 9.59 Å². The Kier molecular flexibility index (Phi) is 4.66. The molecular formula is C12H16N2O3. The van der Waals surface area contributed by atoms with Crippen LogP contribution in [0.5, 0.6) is 0 Å². The number of hydrogen-bond donors (Lipinski definition) is 3. The minimum absolute atomic E-state index is 0.149. The molecule has 5 nitrogen and oxygen atoms in total. The number of carboxylic acids is 1. The van der Waals surface area contributed by atoms with Gasteiger partial charge in [0.25, 0.3) is 0 Å². The third-order valence-corrected chi connectivity index (χ3v) is 2.30. The van der Waals surface area contributed by atoms with Crippen molar-refractivity contribution in [3.8, 4) is 0 Å². The Morgan fingerprint density at radius 1 is 1.35 bits per heavy atom. The van der Waals surface area contributed by atoms with Crippen molar-refractivity contribution in [3.63, 3.8) is 0 Å². The molecule has 0 aromatic heterocycles. The van der Waals surface area contributed by atoms with Crippen molar-refractivity contribution in [2.24, 2.45) is 0 Å². The van der Waals surface area contributed by atoms with E-state index in [1.54, 1.807) is 13.0 Å². The normalized spacial score (nSPS) is 11.9. The first-order chi connectivity index (χ1) is 8.00. The molecule has 1 atom stereocenters. The van der Waals surface area contributed by atoms with E-state index in [-0.39, 0.29) is 5.91 Å². The Bertz CT molecular complexity index is 418. The van der Waals surface area contributed by atoms with Gasteiger partial charge in [0.05, 0.1) is 0 Å². The van der Waals surface area contributed by atoms with Crippen LogP contribution in [0.2, 0.25) is 0 Å². The van der Waals surface area contributed by atoms with E-state index in [4.69, 9.17) is 5.11 Å². The second kappa shape index (κ2) is 6.00. The van der Waals surface area contributed by atoms with E-state index in [0.29, 0.717) is 12.2 Å². The molecule has 1 unspecified atom stereocenters. The predicted molar refractivity (Wildman–Crippen MR) is 64.7 cm³/mol. The smallest absolute Gasteiger partial charge is 0.320 e. The van der Waals surface area contributed by atoms with Crippen LogP contribution in [0.3, 0.4) is 0 Å². The van der Waals surface area contributed by atoms with E-state index in [0.717, 1.165) is 5.56 Å². The Morgan fingerprint density at radius 2 is 2.00 bits per heavy atom. The highest BCUT2D eigenvalue weighted by Gasteiger charge is 2.10. The summed E-state index contributed by atoms with van der Waals surface area (Å²) in [6.45, 7) is 3.40. The number of rotatable bonds is 5. The van der Waals surface area contributed by atoms with Gasteiger partial charge in [0.1, 0.15) is 6.04 Å². The van der Waals surface area contributed by atoms with Gasteiger partial charge in [-0.05, 0) is 18.6 Å². The van der Waals surface area contributed by atoms with Crippen molar-refractivity contribution in [1.29, 1.82) is 0 Å². The molecule has 1 rings (SSSR count). The van der Waals surface area contributed by atoms with Crippen LogP contribution in [-0.2, 0) is 16.1 Å². The zero-order chi connectivity index (χ0) is 12.8. The average Bonchev–Trinajstić information content (AvgIpc) is 2.26. The first kappa shape index (κ1) is 13.2. The molecule has 0 aliphatic carbocycles. The summed E-state index contributed by atoms with van der Waals surface area (Å²) in [5, 5.41) is 14.3. The monoisotopic (exact) mass is 236 g/mol. The van der Waals surface area contributed by atoms with Gasteiger partial charge in [-0.2, -0.15) is 0 Å². The maximum atomic E-state index is 11.0. The topological polar surface area (TPSA) is 78.4 Å². The number of carbonyl (C=O) groups excluding carboxylic acids is 1. The fourth-order valence-corrected chi connectivity index (χ4v) is 1.34. The molecule has 17 heavy (non-hydrogen) atoms. The van der Waals surface area contributed by atoms with Gasteiger partial charge in [0.15, 0.2) is 0 Å². The molecule has 0 aliphatic rings. The van der Waals surface area contributed by atoms with Crippen LogP contribution in [0, 0.1) is 0 Å². The van der Waals surface area contributed by atoms with Crippen LogP contribution in [-0.4, -0.2) is 23.0 Å². The average molecular weight is 236 g/mol. The van der Waals surface area contributed by atoms with Gasteiger partial charge in [-0.3, -0.25) is 9.59 Å². The minimum atomic E-state index is -0.901. The molecule has 0 saturated heterocycles. The number of hydrogen-bond acceptors (Lipinski definition) is 3. The lowest BCUT2D eigenvalue weighted by Crippen LogP contribution is -2.33. The molecule has 0 bridgehead atoms. The highest BCUT2D eigenvalue weighted by atomic mass is 16.4. The van der Waals surface area contributed by atoms with E-state index in [1.165, 1.54) is 6.92 Å². The second-order valence-corrected chi connectivity index (χ2v) is 3.78. The SMILES string of the molecule is CC(=O)Nc1ccccc1CNC(C)C(=O)O. The minimum Gasteiger partial charge on any atom is -0.480 e. The summed E-state index contributed by atoms with van der Waals surface area (Å²) >= 11 is 0. The quantitative estimate of drug-likeness (QED) is 0.718. The van der Waals surface area contributed by atoms with Crippen molar-refractivity contribution >= 4 is 17.6 Å². The fourth-order valence-electron chi connectivity index (χ4n) is 1.34. The summed E-state index contributed by atoms with van der Waals surface area (Å²) in [5.74, 6) is -1.05. The van der Waals surface area contributed by atoms with Crippen LogP contribution in [0.15, 0.2) is 24.3 Å². The van der Waals surface area contributed by atoms with Gasteiger partial charge in [0, 0.05) is 19.2 Å². The number of amides is 1. The largest absolute Gasteiger partial charge is 0.480 e. The van der Waals surface area contributed by atoms with Crippen LogP contribution in [0.25, 0.3) is 0 Å². The standard InChI is InChI=1S/C12H16N2O3/c1-8(12(16)17)13-7-10-5-3-4-6-11(10)14-9(2)15/h3-6,8,13H,7H2,1-2H3,(H,14,15)(H,16,17). The van der Waals surface area contributed by atoms with E-state index in [2.05, 4.69) is 10.6 Å². The lowest BCUT2D eigenvalue weighted by atomic mass is 10.1. The number of nitrogens with one attached hydrogen (secondary N) is 2. The van der Waals surface area contributed by atoms with Crippen molar-refractivity contribution in [3.05, 3.63) is 29.8 Å². The van der Waals surface area contributed by atoms with Crippen molar-refractivity contribution in [2.45, 2.75) is 26.4 Å². The molecule has 1 amide bonds. The van der Waals surface area contributed by atoms with E-state index < -0.39 is 12.0 Å².